The highest BCUT2D eigenvalue weighted by Crippen LogP contribution is 2.38. The molecule has 0 aliphatic heterocycles. The summed E-state index contributed by atoms with van der Waals surface area (Å²) >= 11 is 0. The third-order valence-electron chi connectivity index (χ3n) is 3.28. The molecule has 1 aliphatic carbocycles. The van der Waals surface area contributed by atoms with Crippen molar-refractivity contribution in [1.29, 1.82) is 0 Å². The first-order valence-corrected chi connectivity index (χ1v) is 5.63. The number of carbonyl (C=O) groups excluding carboxylic acids is 2. The molecular weight excluding hydrogens is 224 g/mol. The topological polar surface area (TPSA) is 95.5 Å². The van der Waals surface area contributed by atoms with Crippen LogP contribution in [-0.4, -0.2) is 35.5 Å². The van der Waals surface area contributed by atoms with Gasteiger partial charge in [-0.3, -0.25) is 14.4 Å². The highest BCUT2D eigenvalue weighted by Gasteiger charge is 2.45. The van der Waals surface area contributed by atoms with Gasteiger partial charge < -0.3 is 15.7 Å². The first kappa shape index (κ1) is 13.5. The molecule has 96 valence electrons. The summed E-state index contributed by atoms with van der Waals surface area (Å²) in [5.74, 6) is -1.52. The Morgan fingerprint density at radius 1 is 1.41 bits per heavy atom. The molecule has 0 radical (unpaired) electrons. The maximum absolute atomic E-state index is 11.5. The zero-order chi connectivity index (χ0) is 13.1. The van der Waals surface area contributed by atoms with Gasteiger partial charge in [0.15, 0.2) is 0 Å². The molecule has 1 aliphatic rings. The molecule has 0 saturated heterocycles. The first-order chi connectivity index (χ1) is 7.86. The van der Waals surface area contributed by atoms with E-state index >= 15 is 0 Å². The molecule has 6 nitrogen and oxygen atoms in total. The van der Waals surface area contributed by atoms with E-state index in [9.17, 15) is 14.4 Å². The number of carbonyl (C=O) groups is 3. The zero-order valence-electron chi connectivity index (χ0n) is 10.1. The van der Waals surface area contributed by atoms with Crippen LogP contribution in [0, 0.1) is 5.41 Å². The van der Waals surface area contributed by atoms with E-state index in [1.165, 1.54) is 6.92 Å². The molecular formula is C11H18N2O4. The summed E-state index contributed by atoms with van der Waals surface area (Å²) in [7, 11) is 0. The lowest BCUT2D eigenvalue weighted by Crippen LogP contribution is -2.49. The van der Waals surface area contributed by atoms with Crippen LogP contribution >= 0.6 is 0 Å². The van der Waals surface area contributed by atoms with Crippen LogP contribution in [0.2, 0.25) is 0 Å². The predicted octanol–water partition coefficient (Wildman–Crippen LogP) is -0.118. The highest BCUT2D eigenvalue weighted by molar-refractivity contribution is 5.85. The van der Waals surface area contributed by atoms with Crippen molar-refractivity contribution in [2.75, 3.05) is 6.54 Å². The molecule has 1 rings (SSSR count). The Morgan fingerprint density at radius 3 is 2.59 bits per heavy atom. The smallest absolute Gasteiger partial charge is 0.311 e. The van der Waals surface area contributed by atoms with E-state index in [0.29, 0.717) is 12.8 Å². The fraction of sp³-hybridized carbons (Fsp3) is 0.727. The van der Waals surface area contributed by atoms with Gasteiger partial charge in [-0.15, -0.1) is 0 Å². The molecule has 3 N–H and O–H groups in total. The Hall–Kier alpha value is -1.59. The van der Waals surface area contributed by atoms with Crippen LogP contribution in [0.5, 0.6) is 0 Å². The molecule has 1 saturated carbocycles. The fourth-order valence-electron chi connectivity index (χ4n) is 2.10. The molecule has 6 heteroatoms. The predicted molar refractivity (Wildman–Crippen MR) is 60.2 cm³/mol. The highest BCUT2D eigenvalue weighted by atomic mass is 16.4. The summed E-state index contributed by atoms with van der Waals surface area (Å²) in [6, 6.07) is -0.360. The summed E-state index contributed by atoms with van der Waals surface area (Å²) in [6.45, 7) is 2.86. The maximum atomic E-state index is 11.5. The quantitative estimate of drug-likeness (QED) is 0.640. The first-order valence-electron chi connectivity index (χ1n) is 5.63. The van der Waals surface area contributed by atoms with Gasteiger partial charge in [-0.25, -0.2) is 0 Å². The Morgan fingerprint density at radius 2 is 2.06 bits per heavy atom. The SMILES string of the molecule is CC(=O)NCC(=O)NC1CCCC1(C)C(=O)O. The van der Waals surface area contributed by atoms with Crippen molar-refractivity contribution in [1.82, 2.24) is 10.6 Å². The summed E-state index contributed by atoms with van der Waals surface area (Å²) in [6.07, 6.45) is 2.01. The number of carboxylic acids is 1. The molecule has 0 heterocycles. The van der Waals surface area contributed by atoms with E-state index in [-0.39, 0.29) is 24.4 Å². The van der Waals surface area contributed by atoms with Crippen molar-refractivity contribution in [2.45, 2.75) is 39.2 Å². The van der Waals surface area contributed by atoms with Crippen molar-refractivity contribution in [3.05, 3.63) is 0 Å². The van der Waals surface area contributed by atoms with Crippen LogP contribution < -0.4 is 10.6 Å². The van der Waals surface area contributed by atoms with Crippen LogP contribution in [0.4, 0.5) is 0 Å². The number of rotatable bonds is 4. The minimum absolute atomic E-state index is 0.110. The molecule has 0 aromatic carbocycles. The second kappa shape index (κ2) is 5.16. The third kappa shape index (κ3) is 3.18. The van der Waals surface area contributed by atoms with Crippen molar-refractivity contribution < 1.29 is 19.5 Å². The van der Waals surface area contributed by atoms with E-state index < -0.39 is 11.4 Å². The minimum atomic E-state index is -0.897. The lowest BCUT2D eigenvalue weighted by molar-refractivity contribution is -0.149. The van der Waals surface area contributed by atoms with Crippen molar-refractivity contribution in [3.8, 4) is 0 Å². The largest absolute Gasteiger partial charge is 0.481 e. The van der Waals surface area contributed by atoms with Gasteiger partial charge in [0.1, 0.15) is 0 Å². The van der Waals surface area contributed by atoms with E-state index in [1.54, 1.807) is 6.92 Å². The molecule has 0 aromatic heterocycles. The maximum Gasteiger partial charge on any atom is 0.311 e. The number of hydrogen-bond acceptors (Lipinski definition) is 3. The summed E-state index contributed by atoms with van der Waals surface area (Å²) in [5, 5.41) is 14.2. The summed E-state index contributed by atoms with van der Waals surface area (Å²) < 4.78 is 0. The molecule has 2 unspecified atom stereocenters. The van der Waals surface area contributed by atoms with Gasteiger partial charge in [0.2, 0.25) is 11.8 Å². The summed E-state index contributed by atoms with van der Waals surface area (Å²) in [4.78, 5) is 33.3. The lowest BCUT2D eigenvalue weighted by Gasteiger charge is -2.27. The Balaban J connectivity index is 2.53. The Kier molecular flexibility index (Phi) is 4.09. The van der Waals surface area contributed by atoms with Crippen molar-refractivity contribution >= 4 is 17.8 Å². The number of carboxylic acid groups (broad SMARTS) is 1. The van der Waals surface area contributed by atoms with Gasteiger partial charge in [0, 0.05) is 13.0 Å². The second-order valence-corrected chi connectivity index (χ2v) is 4.64. The molecule has 17 heavy (non-hydrogen) atoms. The monoisotopic (exact) mass is 242 g/mol. The van der Waals surface area contributed by atoms with Gasteiger partial charge in [-0.05, 0) is 19.8 Å². The van der Waals surface area contributed by atoms with Crippen LogP contribution in [0.15, 0.2) is 0 Å². The number of nitrogens with one attached hydrogen (secondary N) is 2. The number of amides is 2. The Bertz CT molecular complexity index is 342. The van der Waals surface area contributed by atoms with Crippen molar-refractivity contribution in [2.24, 2.45) is 5.41 Å². The van der Waals surface area contributed by atoms with Crippen LogP contribution in [0.1, 0.15) is 33.1 Å². The van der Waals surface area contributed by atoms with Crippen molar-refractivity contribution in [3.63, 3.8) is 0 Å². The van der Waals surface area contributed by atoms with Gasteiger partial charge in [0.25, 0.3) is 0 Å². The van der Waals surface area contributed by atoms with E-state index in [2.05, 4.69) is 10.6 Å². The van der Waals surface area contributed by atoms with Gasteiger partial charge in [-0.1, -0.05) is 6.42 Å². The zero-order valence-corrected chi connectivity index (χ0v) is 10.1. The average Bonchev–Trinajstić information content (AvgIpc) is 2.59. The number of hydrogen-bond donors (Lipinski definition) is 3. The molecule has 1 fully saturated rings. The van der Waals surface area contributed by atoms with Gasteiger partial charge in [-0.2, -0.15) is 0 Å². The lowest BCUT2D eigenvalue weighted by atomic mass is 9.85. The normalized spacial score (nSPS) is 27.5. The fourth-order valence-corrected chi connectivity index (χ4v) is 2.10. The molecule has 2 atom stereocenters. The van der Waals surface area contributed by atoms with Crippen LogP contribution in [0.3, 0.4) is 0 Å². The standard InChI is InChI=1S/C11H18N2O4/c1-7(14)12-6-9(15)13-8-4-3-5-11(8,2)10(16)17/h8H,3-6H2,1-2H3,(H,12,14)(H,13,15)(H,16,17). The van der Waals surface area contributed by atoms with Crippen LogP contribution in [0.25, 0.3) is 0 Å². The third-order valence-corrected chi connectivity index (χ3v) is 3.28. The second-order valence-electron chi connectivity index (χ2n) is 4.64. The molecule has 0 spiro atoms. The molecule has 2 amide bonds. The Labute approximate surface area is 99.8 Å². The number of aliphatic carboxylic acids is 1. The van der Waals surface area contributed by atoms with E-state index in [0.717, 1.165) is 6.42 Å². The van der Waals surface area contributed by atoms with E-state index in [1.807, 2.05) is 0 Å². The van der Waals surface area contributed by atoms with Gasteiger partial charge in [0.05, 0.1) is 12.0 Å². The van der Waals surface area contributed by atoms with Gasteiger partial charge >= 0.3 is 5.97 Å². The molecule has 0 aromatic rings. The summed E-state index contributed by atoms with van der Waals surface area (Å²) in [5.41, 5.74) is -0.897. The van der Waals surface area contributed by atoms with E-state index in [4.69, 9.17) is 5.11 Å². The minimum Gasteiger partial charge on any atom is -0.481 e. The molecule has 0 bridgehead atoms. The average molecular weight is 242 g/mol. The van der Waals surface area contributed by atoms with Crippen LogP contribution in [-0.2, 0) is 14.4 Å².